The minimum absolute atomic E-state index is 0.183. The van der Waals surface area contributed by atoms with E-state index >= 15 is 0 Å². The van der Waals surface area contributed by atoms with Crippen molar-refractivity contribution < 1.29 is 22.5 Å². The molecule has 0 unspecified atom stereocenters. The van der Waals surface area contributed by atoms with E-state index in [-0.39, 0.29) is 11.7 Å². The number of hydrogen-bond acceptors (Lipinski definition) is 5. The quantitative estimate of drug-likeness (QED) is 0.269. The van der Waals surface area contributed by atoms with Crippen LogP contribution in [0.15, 0.2) is 12.2 Å². The second kappa shape index (κ2) is 9.90. The Hall–Kier alpha value is -0.920. The molecule has 6 nitrogen and oxygen atoms in total. The summed E-state index contributed by atoms with van der Waals surface area (Å²) < 4.78 is 34.6. The Labute approximate surface area is 121 Å². The average Bonchev–Trinajstić information content (AvgIpc) is 2.32. The van der Waals surface area contributed by atoms with Gasteiger partial charge in [-0.15, -0.1) is 0 Å². The summed E-state index contributed by atoms with van der Waals surface area (Å²) in [5, 5.41) is 0. The molecule has 7 heteroatoms. The Kier molecular flexibility index (Phi) is 9.45. The highest BCUT2D eigenvalue weighted by atomic mass is 32.2. The van der Waals surface area contributed by atoms with Gasteiger partial charge in [-0.1, -0.05) is 6.58 Å². The molecule has 1 N–H and O–H groups in total. The van der Waals surface area contributed by atoms with E-state index in [1.54, 1.807) is 6.92 Å². The monoisotopic (exact) mass is 307 g/mol. The lowest BCUT2D eigenvalue weighted by Gasteiger charge is -2.16. The third-order valence-corrected chi connectivity index (χ3v) is 3.51. The zero-order valence-electron chi connectivity index (χ0n) is 12.3. The van der Waals surface area contributed by atoms with Crippen LogP contribution in [0, 0.1) is 0 Å². The van der Waals surface area contributed by atoms with Crippen LogP contribution in [0.25, 0.3) is 0 Å². The van der Waals surface area contributed by atoms with Gasteiger partial charge < -0.3 is 9.64 Å². The van der Waals surface area contributed by atoms with Gasteiger partial charge in [-0.25, -0.2) is 4.79 Å². The summed E-state index contributed by atoms with van der Waals surface area (Å²) in [6, 6.07) is 0. The van der Waals surface area contributed by atoms with Crippen LogP contribution in [0.2, 0.25) is 0 Å². The second-order valence-electron chi connectivity index (χ2n) is 4.92. The molecule has 0 aromatic carbocycles. The zero-order valence-corrected chi connectivity index (χ0v) is 13.1. The Balaban J connectivity index is 3.48. The molecule has 0 spiro atoms. The molecular weight excluding hydrogens is 282 g/mol. The first-order valence-electron chi connectivity index (χ1n) is 6.68. The first-order valence-corrected chi connectivity index (χ1v) is 8.29. The third kappa shape index (κ3) is 12.1. The van der Waals surface area contributed by atoms with Crippen LogP contribution in [0.4, 0.5) is 0 Å². The van der Waals surface area contributed by atoms with E-state index in [1.165, 1.54) is 0 Å². The highest BCUT2D eigenvalue weighted by molar-refractivity contribution is 7.85. The summed E-state index contributed by atoms with van der Waals surface area (Å²) in [6.45, 7) is 7.14. The van der Waals surface area contributed by atoms with Crippen molar-refractivity contribution in [2.24, 2.45) is 0 Å². The molecule has 0 aliphatic heterocycles. The molecule has 0 saturated heterocycles. The number of unbranched alkanes of at least 4 members (excludes halogenated alkanes) is 2. The smallest absolute Gasteiger partial charge is 0.333 e. The molecule has 0 atom stereocenters. The third-order valence-electron chi connectivity index (χ3n) is 2.71. The summed E-state index contributed by atoms with van der Waals surface area (Å²) in [5.41, 5.74) is 0.404. The maximum atomic E-state index is 11.1. The first kappa shape index (κ1) is 19.1. The summed E-state index contributed by atoms with van der Waals surface area (Å²) >= 11 is 0. The van der Waals surface area contributed by atoms with E-state index in [9.17, 15) is 13.2 Å². The fourth-order valence-corrected chi connectivity index (χ4v) is 2.12. The van der Waals surface area contributed by atoms with Crippen molar-refractivity contribution in [1.29, 1.82) is 0 Å². The number of esters is 1. The lowest BCUT2D eigenvalue weighted by atomic mass is 10.2. The van der Waals surface area contributed by atoms with Crippen molar-refractivity contribution in [3.63, 3.8) is 0 Å². The molecule has 0 aliphatic carbocycles. The zero-order chi connectivity index (χ0) is 15.6. The molecular formula is C13H25NO5S. The summed E-state index contributed by atoms with van der Waals surface area (Å²) in [7, 11) is -1.88. The summed E-state index contributed by atoms with van der Waals surface area (Å²) in [6.07, 6.45) is 2.87. The molecule has 0 heterocycles. The molecule has 0 aliphatic rings. The van der Waals surface area contributed by atoms with Gasteiger partial charge in [-0.05, 0) is 52.7 Å². The molecule has 20 heavy (non-hydrogen) atoms. The number of ether oxygens (including phenoxy) is 1. The van der Waals surface area contributed by atoms with Gasteiger partial charge >= 0.3 is 5.97 Å². The average molecular weight is 307 g/mol. The van der Waals surface area contributed by atoms with Crippen LogP contribution in [-0.2, 0) is 19.6 Å². The highest BCUT2D eigenvalue weighted by Crippen LogP contribution is 2.00. The van der Waals surface area contributed by atoms with Gasteiger partial charge in [0.05, 0.1) is 12.4 Å². The first-order chi connectivity index (χ1) is 9.22. The van der Waals surface area contributed by atoms with E-state index in [0.717, 1.165) is 32.4 Å². The minimum atomic E-state index is -3.84. The number of carbonyl (C=O) groups is 1. The van der Waals surface area contributed by atoms with Gasteiger partial charge in [0.25, 0.3) is 10.1 Å². The second-order valence-corrected chi connectivity index (χ2v) is 6.49. The van der Waals surface area contributed by atoms with E-state index in [2.05, 4.69) is 11.5 Å². The van der Waals surface area contributed by atoms with Gasteiger partial charge in [-0.3, -0.25) is 4.55 Å². The van der Waals surface area contributed by atoms with Gasteiger partial charge in [-0.2, -0.15) is 8.42 Å². The Morgan fingerprint density at radius 3 is 2.25 bits per heavy atom. The predicted molar refractivity (Wildman–Crippen MR) is 78.2 cm³/mol. The number of carbonyl (C=O) groups excluding carboxylic acids is 1. The Morgan fingerprint density at radius 1 is 1.20 bits per heavy atom. The largest absolute Gasteiger partial charge is 0.462 e. The fraction of sp³-hybridized carbons (Fsp3) is 0.769. The Morgan fingerprint density at radius 2 is 1.75 bits per heavy atom. The highest BCUT2D eigenvalue weighted by Gasteiger charge is 2.05. The lowest BCUT2D eigenvalue weighted by molar-refractivity contribution is -0.139. The van der Waals surface area contributed by atoms with Crippen LogP contribution in [0.1, 0.15) is 32.6 Å². The van der Waals surface area contributed by atoms with Crippen molar-refractivity contribution in [1.82, 2.24) is 4.90 Å². The number of rotatable bonds is 11. The SMILES string of the molecule is C=C(C)C(=O)OCCCCN(C)CCCCS(=O)(=O)O. The van der Waals surface area contributed by atoms with Crippen LogP contribution in [-0.4, -0.2) is 56.3 Å². The Bertz CT molecular complexity index is 405. The van der Waals surface area contributed by atoms with E-state index in [4.69, 9.17) is 9.29 Å². The fourth-order valence-electron chi connectivity index (χ4n) is 1.55. The van der Waals surface area contributed by atoms with Gasteiger partial charge in [0.1, 0.15) is 0 Å². The summed E-state index contributed by atoms with van der Waals surface area (Å²) in [5.74, 6) is -0.541. The maximum absolute atomic E-state index is 11.1. The molecule has 118 valence electrons. The lowest BCUT2D eigenvalue weighted by Crippen LogP contribution is -2.22. The standard InChI is InChI=1S/C13H25NO5S/c1-12(2)13(15)19-10-6-4-8-14(3)9-5-7-11-20(16,17)18/h1,4-11H2,2-3H3,(H,16,17,18). The number of nitrogens with zero attached hydrogens (tertiary/aromatic N) is 1. The predicted octanol–water partition coefficient (Wildman–Crippen LogP) is 1.49. The normalized spacial score (nSPS) is 11.6. The van der Waals surface area contributed by atoms with Crippen LogP contribution in [0.3, 0.4) is 0 Å². The minimum Gasteiger partial charge on any atom is -0.462 e. The van der Waals surface area contributed by atoms with Crippen LogP contribution >= 0.6 is 0 Å². The van der Waals surface area contributed by atoms with E-state index in [0.29, 0.717) is 18.6 Å². The van der Waals surface area contributed by atoms with Gasteiger partial charge in [0.15, 0.2) is 0 Å². The number of hydrogen-bond donors (Lipinski definition) is 1. The van der Waals surface area contributed by atoms with Crippen LogP contribution < -0.4 is 0 Å². The van der Waals surface area contributed by atoms with Gasteiger partial charge in [0.2, 0.25) is 0 Å². The molecule has 0 aromatic rings. The van der Waals surface area contributed by atoms with Crippen molar-refractivity contribution in [2.75, 3.05) is 32.5 Å². The molecule has 0 saturated carbocycles. The molecule has 0 aromatic heterocycles. The topological polar surface area (TPSA) is 83.9 Å². The van der Waals surface area contributed by atoms with Gasteiger partial charge in [0, 0.05) is 5.57 Å². The molecule has 0 fully saturated rings. The summed E-state index contributed by atoms with van der Waals surface area (Å²) in [4.78, 5) is 13.2. The van der Waals surface area contributed by atoms with E-state index < -0.39 is 10.1 Å². The van der Waals surface area contributed by atoms with Crippen molar-refractivity contribution >= 4 is 16.1 Å². The van der Waals surface area contributed by atoms with Crippen molar-refractivity contribution in [2.45, 2.75) is 32.6 Å². The molecule has 0 rings (SSSR count). The van der Waals surface area contributed by atoms with Crippen molar-refractivity contribution in [3.05, 3.63) is 12.2 Å². The van der Waals surface area contributed by atoms with Crippen molar-refractivity contribution in [3.8, 4) is 0 Å². The molecule has 0 bridgehead atoms. The molecule has 0 amide bonds. The maximum Gasteiger partial charge on any atom is 0.333 e. The van der Waals surface area contributed by atoms with E-state index in [1.807, 2.05) is 7.05 Å². The molecule has 0 radical (unpaired) electrons. The van der Waals surface area contributed by atoms with Crippen LogP contribution in [0.5, 0.6) is 0 Å².